The molecule has 0 aliphatic carbocycles. The Morgan fingerprint density at radius 1 is 1.10 bits per heavy atom. The van der Waals surface area contributed by atoms with E-state index in [9.17, 15) is 14.0 Å². The van der Waals surface area contributed by atoms with E-state index >= 15 is 0 Å². The van der Waals surface area contributed by atoms with E-state index in [2.05, 4.69) is 9.80 Å². The van der Waals surface area contributed by atoms with Crippen LogP contribution in [-0.2, 0) is 14.3 Å². The molecule has 8 heteroatoms. The zero-order valence-corrected chi connectivity index (χ0v) is 17.6. The second-order valence-corrected chi connectivity index (χ2v) is 8.31. The molecule has 3 saturated heterocycles. The van der Waals surface area contributed by atoms with Crippen LogP contribution >= 0.6 is 0 Å². The number of rotatable bonds is 4. The van der Waals surface area contributed by atoms with E-state index in [0.29, 0.717) is 38.5 Å². The maximum absolute atomic E-state index is 13.6. The van der Waals surface area contributed by atoms with Gasteiger partial charge in [-0.15, -0.1) is 0 Å². The summed E-state index contributed by atoms with van der Waals surface area (Å²) < 4.78 is 19.0. The van der Waals surface area contributed by atoms with Crippen molar-refractivity contribution in [2.24, 2.45) is 0 Å². The van der Waals surface area contributed by atoms with Gasteiger partial charge in [-0.25, -0.2) is 4.39 Å². The van der Waals surface area contributed by atoms with E-state index in [1.807, 2.05) is 11.8 Å². The number of nitrogens with zero attached hydrogens (tertiary/aromatic N) is 4. The molecule has 4 rings (SSSR count). The van der Waals surface area contributed by atoms with Crippen LogP contribution in [0.2, 0.25) is 0 Å². The summed E-state index contributed by atoms with van der Waals surface area (Å²) in [6.45, 7) is 8.19. The van der Waals surface area contributed by atoms with Gasteiger partial charge in [0.05, 0.1) is 25.3 Å². The van der Waals surface area contributed by atoms with Crippen molar-refractivity contribution in [3.05, 3.63) is 30.1 Å². The van der Waals surface area contributed by atoms with Crippen LogP contribution in [0.25, 0.3) is 0 Å². The maximum Gasteiger partial charge on any atom is 0.244 e. The van der Waals surface area contributed by atoms with E-state index < -0.39 is 0 Å². The highest BCUT2D eigenvalue weighted by Gasteiger charge is 2.37. The summed E-state index contributed by atoms with van der Waals surface area (Å²) in [5, 5.41) is 0. The van der Waals surface area contributed by atoms with Crippen LogP contribution in [-0.4, -0.2) is 97.6 Å². The average Bonchev–Trinajstić information content (AvgIpc) is 2.79. The zero-order chi connectivity index (χ0) is 21.1. The Morgan fingerprint density at radius 2 is 1.83 bits per heavy atom. The molecule has 3 aliphatic rings. The van der Waals surface area contributed by atoms with Gasteiger partial charge < -0.3 is 14.5 Å². The number of amides is 2. The normalized spacial score (nSPS) is 25.4. The topological polar surface area (TPSA) is 56.3 Å². The number of carbonyl (C=O) groups excluding carboxylic acids is 2. The van der Waals surface area contributed by atoms with Crippen molar-refractivity contribution in [2.75, 3.05) is 63.9 Å². The molecule has 0 radical (unpaired) electrons. The highest BCUT2D eigenvalue weighted by molar-refractivity contribution is 5.97. The zero-order valence-electron chi connectivity index (χ0n) is 17.6. The fraction of sp³-hybridized carbons (Fsp3) is 0.636. The molecule has 30 heavy (non-hydrogen) atoms. The first-order valence-electron chi connectivity index (χ1n) is 11.0. The third-order valence-electron chi connectivity index (χ3n) is 6.55. The van der Waals surface area contributed by atoms with Crippen LogP contribution in [0.3, 0.4) is 0 Å². The van der Waals surface area contributed by atoms with Crippen LogP contribution in [0, 0.1) is 5.82 Å². The van der Waals surface area contributed by atoms with Crippen LogP contribution in [0.4, 0.5) is 10.1 Å². The monoisotopic (exact) mass is 418 g/mol. The quantitative estimate of drug-likeness (QED) is 0.735. The Labute approximate surface area is 177 Å². The predicted octanol–water partition coefficient (Wildman–Crippen LogP) is 1.19. The van der Waals surface area contributed by atoms with Gasteiger partial charge in [-0.3, -0.25) is 19.4 Å². The number of hydrogen-bond donors (Lipinski definition) is 0. The molecule has 2 amide bonds. The van der Waals surface area contributed by atoms with Gasteiger partial charge in [-0.2, -0.15) is 0 Å². The minimum atomic E-state index is -0.324. The van der Waals surface area contributed by atoms with Crippen LogP contribution in [0.5, 0.6) is 0 Å². The lowest BCUT2D eigenvalue weighted by atomic mass is 10.0. The smallest absolute Gasteiger partial charge is 0.244 e. The first-order valence-corrected chi connectivity index (χ1v) is 11.0. The molecule has 2 unspecified atom stereocenters. The molecule has 164 valence electrons. The summed E-state index contributed by atoms with van der Waals surface area (Å²) >= 11 is 0. The lowest BCUT2D eigenvalue weighted by molar-refractivity contribution is -0.142. The minimum Gasteiger partial charge on any atom is -0.378 e. The van der Waals surface area contributed by atoms with E-state index in [0.717, 1.165) is 39.0 Å². The van der Waals surface area contributed by atoms with Crippen LogP contribution in [0.15, 0.2) is 24.3 Å². The molecule has 0 N–H and O–H groups in total. The first kappa shape index (κ1) is 21.2. The maximum atomic E-state index is 13.6. The van der Waals surface area contributed by atoms with Crippen molar-refractivity contribution in [2.45, 2.75) is 31.8 Å². The summed E-state index contributed by atoms with van der Waals surface area (Å²) in [5.41, 5.74) is 0.632. The summed E-state index contributed by atoms with van der Waals surface area (Å²) in [6, 6.07) is 5.93. The Bertz CT molecular complexity index is 763. The highest BCUT2D eigenvalue weighted by Crippen LogP contribution is 2.25. The minimum absolute atomic E-state index is 0.0535. The number of morpholine rings is 1. The number of ether oxygens (including phenoxy) is 1. The number of carbonyl (C=O) groups is 2. The standard InChI is InChI=1S/C22H31FN4O3/c1-17(21(28)26-12-14-30-15-13-26)24-8-10-25(11-9-24)20-6-3-7-27(22(20)29)19-5-2-4-18(23)16-19/h2,4-5,16-17,20H,3,6-15H2,1H3. The molecule has 0 spiro atoms. The van der Waals surface area contributed by atoms with Crippen LogP contribution in [0.1, 0.15) is 19.8 Å². The number of anilines is 1. The average molecular weight is 419 g/mol. The summed E-state index contributed by atoms with van der Waals surface area (Å²) in [7, 11) is 0. The van der Waals surface area contributed by atoms with Gasteiger partial charge in [-0.1, -0.05) is 6.07 Å². The van der Waals surface area contributed by atoms with Gasteiger partial charge in [0, 0.05) is 51.5 Å². The molecule has 0 bridgehead atoms. The SMILES string of the molecule is CC(C(=O)N1CCOCC1)N1CCN(C2CCCN(c3cccc(F)c3)C2=O)CC1. The van der Waals surface area contributed by atoms with E-state index in [4.69, 9.17) is 4.74 Å². The van der Waals surface area contributed by atoms with E-state index in [1.54, 1.807) is 17.0 Å². The first-order chi connectivity index (χ1) is 14.5. The van der Waals surface area contributed by atoms with Crippen molar-refractivity contribution in [3.63, 3.8) is 0 Å². The Hall–Kier alpha value is -2.03. The molecule has 1 aromatic carbocycles. The van der Waals surface area contributed by atoms with Crippen molar-refractivity contribution >= 4 is 17.5 Å². The number of halogens is 1. The molecule has 3 heterocycles. The van der Waals surface area contributed by atoms with Gasteiger partial charge in [-0.05, 0) is 38.0 Å². The molecule has 1 aromatic rings. The van der Waals surface area contributed by atoms with Gasteiger partial charge in [0.25, 0.3) is 0 Å². The van der Waals surface area contributed by atoms with E-state index in [1.165, 1.54) is 12.1 Å². The third-order valence-corrected chi connectivity index (χ3v) is 6.55. The molecule has 3 fully saturated rings. The summed E-state index contributed by atoms with van der Waals surface area (Å²) in [5.74, 6) is -0.106. The van der Waals surface area contributed by atoms with Crippen LogP contribution < -0.4 is 4.90 Å². The van der Waals surface area contributed by atoms with Crippen molar-refractivity contribution in [3.8, 4) is 0 Å². The Kier molecular flexibility index (Phi) is 6.65. The second kappa shape index (κ2) is 9.41. The predicted molar refractivity (Wildman–Crippen MR) is 112 cm³/mol. The Morgan fingerprint density at radius 3 is 2.53 bits per heavy atom. The summed E-state index contributed by atoms with van der Waals surface area (Å²) in [4.78, 5) is 34.0. The third kappa shape index (κ3) is 4.50. The van der Waals surface area contributed by atoms with Crippen molar-refractivity contribution < 1.29 is 18.7 Å². The van der Waals surface area contributed by atoms with Gasteiger partial charge in [0.15, 0.2) is 0 Å². The van der Waals surface area contributed by atoms with Crippen molar-refractivity contribution in [1.82, 2.24) is 14.7 Å². The number of benzene rings is 1. The highest BCUT2D eigenvalue weighted by atomic mass is 19.1. The van der Waals surface area contributed by atoms with E-state index in [-0.39, 0.29) is 29.7 Å². The second-order valence-electron chi connectivity index (χ2n) is 8.31. The lowest BCUT2D eigenvalue weighted by Gasteiger charge is -2.44. The molecular weight excluding hydrogens is 387 g/mol. The molecule has 7 nitrogen and oxygen atoms in total. The van der Waals surface area contributed by atoms with Crippen molar-refractivity contribution in [1.29, 1.82) is 0 Å². The lowest BCUT2D eigenvalue weighted by Crippen LogP contribution is -2.60. The van der Waals surface area contributed by atoms with Gasteiger partial charge in [0.1, 0.15) is 5.82 Å². The molecule has 2 atom stereocenters. The molecule has 3 aliphatic heterocycles. The number of hydrogen-bond acceptors (Lipinski definition) is 5. The number of piperazine rings is 1. The largest absolute Gasteiger partial charge is 0.378 e. The fourth-order valence-electron chi connectivity index (χ4n) is 4.74. The van der Waals surface area contributed by atoms with Gasteiger partial charge in [0.2, 0.25) is 11.8 Å². The Balaban J connectivity index is 1.34. The van der Waals surface area contributed by atoms with Gasteiger partial charge >= 0.3 is 0 Å². The number of piperidine rings is 1. The molecular formula is C22H31FN4O3. The fourth-order valence-corrected chi connectivity index (χ4v) is 4.74. The summed E-state index contributed by atoms with van der Waals surface area (Å²) in [6.07, 6.45) is 1.73. The molecule has 0 aromatic heterocycles. The molecule has 0 saturated carbocycles.